The third-order valence-electron chi connectivity index (χ3n) is 2.67. The summed E-state index contributed by atoms with van der Waals surface area (Å²) in [4.78, 5) is 14.0. The van der Waals surface area contributed by atoms with E-state index in [1.54, 1.807) is 0 Å². The summed E-state index contributed by atoms with van der Waals surface area (Å²) in [5.41, 5.74) is 0. The first kappa shape index (κ1) is 14.3. The summed E-state index contributed by atoms with van der Waals surface area (Å²) in [6, 6.07) is 0. The van der Waals surface area contributed by atoms with E-state index in [1.807, 2.05) is 25.6 Å². The molecule has 1 atom stereocenters. The molecular formula is C11H21BrN2OS. The van der Waals surface area contributed by atoms with Crippen molar-refractivity contribution in [2.45, 2.75) is 18.7 Å². The molecule has 1 N–H and O–H groups in total. The zero-order valence-electron chi connectivity index (χ0n) is 10.0. The van der Waals surface area contributed by atoms with Gasteiger partial charge in [0.1, 0.15) is 0 Å². The average molecular weight is 309 g/mol. The van der Waals surface area contributed by atoms with Crippen LogP contribution in [0.1, 0.15) is 13.8 Å². The van der Waals surface area contributed by atoms with Crippen LogP contribution >= 0.6 is 27.7 Å². The number of halogens is 1. The molecule has 5 heteroatoms. The molecule has 1 aliphatic rings. The molecule has 1 unspecified atom stereocenters. The van der Waals surface area contributed by atoms with Gasteiger partial charge in [-0.2, -0.15) is 11.8 Å². The Morgan fingerprint density at radius 3 is 2.62 bits per heavy atom. The highest BCUT2D eigenvalue weighted by Crippen LogP contribution is 2.11. The number of carbonyl (C=O) groups is 1. The van der Waals surface area contributed by atoms with Crippen LogP contribution in [-0.2, 0) is 4.79 Å². The number of alkyl halides is 1. The zero-order valence-corrected chi connectivity index (χ0v) is 12.4. The van der Waals surface area contributed by atoms with Crippen molar-refractivity contribution in [2.24, 2.45) is 5.92 Å². The minimum absolute atomic E-state index is 0.0654. The molecule has 1 fully saturated rings. The summed E-state index contributed by atoms with van der Waals surface area (Å²) in [6.45, 7) is 8.13. The lowest BCUT2D eigenvalue weighted by Crippen LogP contribution is -2.41. The summed E-state index contributed by atoms with van der Waals surface area (Å²) < 4.78 is 0. The number of rotatable bonds is 5. The monoisotopic (exact) mass is 308 g/mol. The van der Waals surface area contributed by atoms with Gasteiger partial charge in [0, 0.05) is 37.7 Å². The number of thioether (sulfide) groups is 1. The average Bonchev–Trinajstić information content (AvgIpc) is 2.29. The van der Waals surface area contributed by atoms with Crippen molar-refractivity contribution in [1.82, 2.24) is 10.2 Å². The lowest BCUT2D eigenvalue weighted by atomic mass is 10.1. The van der Waals surface area contributed by atoms with Crippen molar-refractivity contribution in [3.63, 3.8) is 0 Å². The molecule has 1 saturated heterocycles. The van der Waals surface area contributed by atoms with Crippen molar-refractivity contribution < 1.29 is 4.79 Å². The number of amides is 1. The Hall–Kier alpha value is 0.260. The molecule has 94 valence electrons. The van der Waals surface area contributed by atoms with Crippen molar-refractivity contribution in [1.29, 1.82) is 0 Å². The first-order valence-corrected chi connectivity index (χ1v) is 7.90. The Morgan fingerprint density at radius 2 is 2.06 bits per heavy atom. The van der Waals surface area contributed by atoms with E-state index in [0.717, 1.165) is 26.2 Å². The highest BCUT2D eigenvalue weighted by molar-refractivity contribution is 9.10. The van der Waals surface area contributed by atoms with Crippen LogP contribution in [0.4, 0.5) is 0 Å². The second kappa shape index (κ2) is 7.56. The first-order chi connectivity index (χ1) is 7.61. The van der Waals surface area contributed by atoms with Gasteiger partial charge in [0.15, 0.2) is 0 Å². The van der Waals surface area contributed by atoms with E-state index in [0.29, 0.717) is 5.92 Å². The number of nitrogens with one attached hydrogen (secondary N) is 1. The molecule has 0 aromatic rings. The normalized spacial score (nSPS) is 19.8. The van der Waals surface area contributed by atoms with Crippen LogP contribution in [0.2, 0.25) is 0 Å². The van der Waals surface area contributed by atoms with Gasteiger partial charge in [-0.15, -0.1) is 0 Å². The van der Waals surface area contributed by atoms with Gasteiger partial charge in [-0.25, -0.2) is 0 Å². The molecule has 0 bridgehead atoms. The maximum atomic E-state index is 11.6. The standard InChI is InChI=1S/C11H21BrN2OS/c1-9(2)10(12)11(15)13-3-4-14-5-7-16-8-6-14/h9-10H,3-8H2,1-2H3,(H,13,15). The number of nitrogens with zero attached hydrogens (tertiary/aromatic N) is 1. The molecule has 0 radical (unpaired) electrons. The first-order valence-electron chi connectivity index (χ1n) is 5.83. The summed E-state index contributed by atoms with van der Waals surface area (Å²) in [5, 5.41) is 2.98. The highest BCUT2D eigenvalue weighted by atomic mass is 79.9. The smallest absolute Gasteiger partial charge is 0.234 e. The summed E-state index contributed by atoms with van der Waals surface area (Å²) in [7, 11) is 0. The van der Waals surface area contributed by atoms with Gasteiger partial charge in [-0.05, 0) is 5.92 Å². The van der Waals surface area contributed by atoms with E-state index >= 15 is 0 Å². The molecule has 0 aromatic heterocycles. The van der Waals surface area contributed by atoms with Crippen molar-refractivity contribution in [3.05, 3.63) is 0 Å². The molecule has 3 nitrogen and oxygen atoms in total. The van der Waals surface area contributed by atoms with E-state index in [4.69, 9.17) is 0 Å². The fourth-order valence-electron chi connectivity index (χ4n) is 1.56. The van der Waals surface area contributed by atoms with Crippen molar-refractivity contribution >= 4 is 33.6 Å². The van der Waals surface area contributed by atoms with Crippen molar-refractivity contribution in [3.8, 4) is 0 Å². The van der Waals surface area contributed by atoms with Gasteiger partial charge in [0.2, 0.25) is 5.91 Å². The van der Waals surface area contributed by atoms with Crippen LogP contribution in [0, 0.1) is 5.92 Å². The molecule has 0 saturated carbocycles. The van der Waals surface area contributed by atoms with E-state index in [2.05, 4.69) is 26.1 Å². The maximum absolute atomic E-state index is 11.6. The quantitative estimate of drug-likeness (QED) is 0.783. The lowest BCUT2D eigenvalue weighted by Gasteiger charge is -2.26. The molecular weight excluding hydrogens is 288 g/mol. The Morgan fingerprint density at radius 1 is 1.44 bits per heavy atom. The van der Waals surface area contributed by atoms with E-state index in [1.165, 1.54) is 11.5 Å². The Balaban J connectivity index is 2.12. The Labute approximate surface area is 111 Å². The van der Waals surface area contributed by atoms with Gasteiger partial charge in [0.05, 0.1) is 4.83 Å². The highest BCUT2D eigenvalue weighted by Gasteiger charge is 2.18. The Kier molecular flexibility index (Phi) is 6.77. The number of hydrogen-bond acceptors (Lipinski definition) is 3. The Bertz CT molecular complexity index is 220. The predicted molar refractivity (Wildman–Crippen MR) is 74.3 cm³/mol. The lowest BCUT2D eigenvalue weighted by molar-refractivity contribution is -0.121. The van der Waals surface area contributed by atoms with Gasteiger partial charge in [-0.3, -0.25) is 9.69 Å². The minimum atomic E-state index is -0.0654. The summed E-state index contributed by atoms with van der Waals surface area (Å²) >= 11 is 5.42. The van der Waals surface area contributed by atoms with Crippen LogP contribution in [-0.4, -0.2) is 53.3 Å². The van der Waals surface area contributed by atoms with Gasteiger partial charge in [-0.1, -0.05) is 29.8 Å². The van der Waals surface area contributed by atoms with Crippen LogP contribution in [0.5, 0.6) is 0 Å². The van der Waals surface area contributed by atoms with Gasteiger partial charge < -0.3 is 5.32 Å². The number of hydrogen-bond donors (Lipinski definition) is 1. The predicted octanol–water partition coefficient (Wildman–Crippen LogP) is 1.57. The van der Waals surface area contributed by atoms with Crippen LogP contribution < -0.4 is 5.32 Å². The van der Waals surface area contributed by atoms with E-state index in [9.17, 15) is 4.79 Å². The largest absolute Gasteiger partial charge is 0.354 e. The minimum Gasteiger partial charge on any atom is -0.354 e. The van der Waals surface area contributed by atoms with Gasteiger partial charge in [0.25, 0.3) is 0 Å². The third kappa shape index (κ3) is 5.06. The molecule has 1 aliphatic heterocycles. The molecule has 0 aromatic carbocycles. The molecule has 0 spiro atoms. The molecule has 1 rings (SSSR count). The summed E-state index contributed by atoms with van der Waals surface area (Å²) in [5.74, 6) is 2.90. The molecule has 1 heterocycles. The number of carbonyl (C=O) groups excluding carboxylic acids is 1. The molecule has 16 heavy (non-hydrogen) atoms. The topological polar surface area (TPSA) is 32.3 Å². The van der Waals surface area contributed by atoms with Crippen LogP contribution in [0.15, 0.2) is 0 Å². The fourth-order valence-corrected chi connectivity index (χ4v) is 2.70. The van der Waals surface area contributed by atoms with Crippen LogP contribution in [0.25, 0.3) is 0 Å². The zero-order chi connectivity index (χ0) is 12.0. The second-order valence-electron chi connectivity index (χ2n) is 4.39. The summed E-state index contributed by atoms with van der Waals surface area (Å²) in [6.07, 6.45) is 0. The van der Waals surface area contributed by atoms with E-state index in [-0.39, 0.29) is 10.7 Å². The second-order valence-corrected chi connectivity index (χ2v) is 6.60. The van der Waals surface area contributed by atoms with E-state index < -0.39 is 0 Å². The fraction of sp³-hybridized carbons (Fsp3) is 0.909. The van der Waals surface area contributed by atoms with Crippen LogP contribution in [0.3, 0.4) is 0 Å². The van der Waals surface area contributed by atoms with Gasteiger partial charge >= 0.3 is 0 Å². The third-order valence-corrected chi connectivity index (χ3v) is 5.08. The SMILES string of the molecule is CC(C)C(Br)C(=O)NCCN1CCSCC1. The molecule has 0 aliphatic carbocycles. The molecule has 1 amide bonds. The maximum Gasteiger partial charge on any atom is 0.234 e. The van der Waals surface area contributed by atoms with Crippen molar-refractivity contribution in [2.75, 3.05) is 37.7 Å².